The predicted octanol–water partition coefficient (Wildman–Crippen LogP) is 2.11. The molecule has 3 atom stereocenters. The number of nitrogens with zero attached hydrogens (tertiary/aromatic N) is 2. The van der Waals surface area contributed by atoms with Gasteiger partial charge in [0.05, 0.1) is 23.4 Å². The summed E-state index contributed by atoms with van der Waals surface area (Å²) in [6.45, 7) is 0. The van der Waals surface area contributed by atoms with Crippen molar-refractivity contribution in [3.05, 3.63) is 35.9 Å². The highest BCUT2D eigenvalue weighted by Gasteiger charge is 2.37. The molecule has 0 bridgehead atoms. The van der Waals surface area contributed by atoms with Crippen molar-refractivity contribution >= 4 is 41.8 Å². The van der Waals surface area contributed by atoms with Crippen LogP contribution in [0.5, 0.6) is 0 Å². The molecule has 1 aromatic rings. The van der Waals surface area contributed by atoms with Crippen LogP contribution in [0.3, 0.4) is 0 Å². The first-order valence-electron chi connectivity index (χ1n) is 6.97. The number of halogens is 1. The molecule has 0 saturated carbocycles. The quantitative estimate of drug-likeness (QED) is 0.899. The Hall–Kier alpha value is -0.870. The van der Waals surface area contributed by atoms with E-state index in [1.54, 1.807) is 28.4 Å². The monoisotopic (exact) mass is 355 g/mol. The number of carbonyl (C=O) groups is 1. The lowest BCUT2D eigenvalue weighted by Crippen LogP contribution is -2.48. The summed E-state index contributed by atoms with van der Waals surface area (Å²) in [6, 6.07) is 12.1. The fourth-order valence-electron chi connectivity index (χ4n) is 2.59. The fourth-order valence-corrected chi connectivity index (χ4v) is 4.91. The largest absolute Gasteiger partial charge is 0.315 e. The number of amides is 1. The molecule has 118 valence electrons. The first-order valence-corrected chi connectivity index (χ1v) is 9.17. The maximum atomic E-state index is 12.5. The molecule has 2 fully saturated rings. The molecule has 1 N–H and O–H groups in total. The molecule has 4 nitrogen and oxygen atoms in total. The van der Waals surface area contributed by atoms with Gasteiger partial charge in [-0.25, -0.2) is 0 Å². The maximum absolute atomic E-state index is 12.5. The van der Waals surface area contributed by atoms with Crippen LogP contribution in [-0.4, -0.2) is 45.6 Å². The lowest BCUT2D eigenvalue weighted by Gasteiger charge is -2.22. The van der Waals surface area contributed by atoms with Crippen LogP contribution in [-0.2, 0) is 11.2 Å². The minimum atomic E-state index is -0.262. The fraction of sp³-hybridized carbons (Fsp3) is 0.467. The molecule has 0 aliphatic carbocycles. The summed E-state index contributed by atoms with van der Waals surface area (Å²) >= 11 is 3.45. The van der Waals surface area contributed by atoms with Gasteiger partial charge in [-0.3, -0.25) is 10.1 Å². The zero-order chi connectivity index (χ0) is 14.7. The van der Waals surface area contributed by atoms with Gasteiger partial charge in [-0.15, -0.1) is 35.9 Å². The van der Waals surface area contributed by atoms with E-state index in [0.717, 1.165) is 17.9 Å². The smallest absolute Gasteiger partial charge is 0.242 e. The maximum Gasteiger partial charge on any atom is 0.242 e. The van der Waals surface area contributed by atoms with Crippen molar-refractivity contribution in [3.8, 4) is 6.07 Å². The third-order valence-corrected chi connectivity index (χ3v) is 5.97. The van der Waals surface area contributed by atoms with Gasteiger partial charge >= 0.3 is 0 Å². The molecule has 1 amide bonds. The second kappa shape index (κ2) is 8.11. The summed E-state index contributed by atoms with van der Waals surface area (Å²) < 4.78 is 0. The number of nitrogens with one attached hydrogen (secondary N) is 1. The molecule has 7 heteroatoms. The van der Waals surface area contributed by atoms with Gasteiger partial charge < -0.3 is 4.90 Å². The van der Waals surface area contributed by atoms with Crippen LogP contribution in [0.4, 0.5) is 0 Å². The molecule has 2 aliphatic rings. The van der Waals surface area contributed by atoms with Gasteiger partial charge in [0.25, 0.3) is 0 Å². The Bertz CT molecular complexity index is 551. The zero-order valence-corrected chi connectivity index (χ0v) is 14.4. The zero-order valence-electron chi connectivity index (χ0n) is 12.0. The molecular formula is C15H18ClN3OS2. The van der Waals surface area contributed by atoms with Crippen LogP contribution in [0.1, 0.15) is 5.56 Å². The average molecular weight is 356 g/mol. The number of benzene rings is 1. The Morgan fingerprint density at radius 2 is 2.14 bits per heavy atom. The Balaban J connectivity index is 0.00000176. The number of hydrogen-bond acceptors (Lipinski definition) is 5. The molecule has 1 aromatic carbocycles. The molecular weight excluding hydrogens is 338 g/mol. The third-order valence-electron chi connectivity index (χ3n) is 3.73. The van der Waals surface area contributed by atoms with Gasteiger partial charge in [-0.1, -0.05) is 30.3 Å². The molecule has 1 unspecified atom stereocenters. The van der Waals surface area contributed by atoms with Crippen LogP contribution in [0.2, 0.25) is 0 Å². The minimum Gasteiger partial charge on any atom is -0.315 e. The number of carbonyl (C=O) groups excluding carboxylic acids is 1. The van der Waals surface area contributed by atoms with Gasteiger partial charge in [0.1, 0.15) is 6.04 Å². The molecule has 3 rings (SSSR count). The van der Waals surface area contributed by atoms with E-state index in [-0.39, 0.29) is 35.8 Å². The Morgan fingerprint density at radius 3 is 2.86 bits per heavy atom. The van der Waals surface area contributed by atoms with Crippen LogP contribution >= 0.6 is 35.9 Å². The molecule has 2 heterocycles. The second-order valence-corrected chi connectivity index (χ2v) is 7.42. The normalized spacial score (nSPS) is 27.2. The first-order chi connectivity index (χ1) is 10.3. The molecule has 0 radical (unpaired) electrons. The van der Waals surface area contributed by atoms with Gasteiger partial charge in [-0.05, 0) is 12.0 Å². The second-order valence-electron chi connectivity index (χ2n) is 5.18. The van der Waals surface area contributed by atoms with E-state index in [9.17, 15) is 4.79 Å². The van der Waals surface area contributed by atoms with Crippen LogP contribution in [0, 0.1) is 11.3 Å². The van der Waals surface area contributed by atoms with Crippen molar-refractivity contribution in [3.63, 3.8) is 0 Å². The van der Waals surface area contributed by atoms with E-state index < -0.39 is 0 Å². The minimum absolute atomic E-state index is 0. The van der Waals surface area contributed by atoms with Gasteiger partial charge in [0.15, 0.2) is 0 Å². The number of nitriles is 1. The third kappa shape index (κ3) is 3.90. The van der Waals surface area contributed by atoms with Gasteiger partial charge in [0, 0.05) is 11.5 Å². The van der Waals surface area contributed by atoms with E-state index >= 15 is 0 Å². The van der Waals surface area contributed by atoms with Crippen LogP contribution in [0.15, 0.2) is 30.3 Å². The molecule has 2 saturated heterocycles. The van der Waals surface area contributed by atoms with Crippen LogP contribution < -0.4 is 5.32 Å². The summed E-state index contributed by atoms with van der Waals surface area (Å²) in [5, 5.41) is 12.8. The highest BCUT2D eigenvalue weighted by Crippen LogP contribution is 2.26. The lowest BCUT2D eigenvalue weighted by molar-refractivity contribution is -0.132. The van der Waals surface area contributed by atoms with E-state index in [0.29, 0.717) is 5.88 Å². The Kier molecular flexibility index (Phi) is 6.45. The van der Waals surface area contributed by atoms with Gasteiger partial charge in [0.2, 0.25) is 5.91 Å². The highest BCUT2D eigenvalue weighted by atomic mass is 35.5. The lowest BCUT2D eigenvalue weighted by atomic mass is 10.1. The van der Waals surface area contributed by atoms with E-state index in [2.05, 4.69) is 23.5 Å². The summed E-state index contributed by atoms with van der Waals surface area (Å²) in [5.41, 5.74) is 1.28. The first kappa shape index (κ1) is 17.5. The summed E-state index contributed by atoms with van der Waals surface area (Å²) in [4.78, 5) is 14.2. The average Bonchev–Trinajstić information content (AvgIpc) is 3.16. The Labute approximate surface area is 145 Å². The van der Waals surface area contributed by atoms with Gasteiger partial charge in [-0.2, -0.15) is 5.26 Å². The van der Waals surface area contributed by atoms with Crippen molar-refractivity contribution in [1.29, 1.82) is 5.26 Å². The van der Waals surface area contributed by atoms with E-state index in [4.69, 9.17) is 5.26 Å². The van der Waals surface area contributed by atoms with Crippen molar-refractivity contribution in [2.75, 3.05) is 17.4 Å². The number of thioether (sulfide) groups is 2. The highest BCUT2D eigenvalue weighted by molar-refractivity contribution is 8.00. The molecule has 0 spiro atoms. The van der Waals surface area contributed by atoms with Crippen LogP contribution in [0.25, 0.3) is 0 Å². The van der Waals surface area contributed by atoms with Crippen molar-refractivity contribution in [2.45, 2.75) is 23.9 Å². The molecule has 0 aromatic heterocycles. The standard InChI is InChI=1S/C15H17N3OS2.ClH/c16-7-12-8-20-10-18(12)15(19)13-9-21-14(17-13)6-11-4-2-1-3-5-11;/h1-5,12-14,17H,6,8-10H2;1H/t12-,13+,14?;/m1./s1. The number of rotatable bonds is 3. The summed E-state index contributed by atoms with van der Waals surface area (Å²) in [7, 11) is 0. The summed E-state index contributed by atoms with van der Waals surface area (Å²) in [5.74, 6) is 2.24. The van der Waals surface area contributed by atoms with E-state index in [1.165, 1.54) is 5.56 Å². The molecule has 22 heavy (non-hydrogen) atoms. The number of hydrogen-bond donors (Lipinski definition) is 1. The molecule has 2 aliphatic heterocycles. The SMILES string of the molecule is Cl.N#C[C@@H]1CSCN1C(=O)[C@@H]1CSC(Cc2ccccc2)N1. The van der Waals surface area contributed by atoms with E-state index in [1.807, 2.05) is 18.2 Å². The predicted molar refractivity (Wildman–Crippen MR) is 94.1 cm³/mol. The topological polar surface area (TPSA) is 56.1 Å². The van der Waals surface area contributed by atoms with Crippen molar-refractivity contribution < 1.29 is 4.79 Å². The summed E-state index contributed by atoms with van der Waals surface area (Å²) in [6.07, 6.45) is 0.922. The van der Waals surface area contributed by atoms with Crippen molar-refractivity contribution in [1.82, 2.24) is 10.2 Å². The Morgan fingerprint density at radius 1 is 1.36 bits per heavy atom. The van der Waals surface area contributed by atoms with Crippen molar-refractivity contribution in [2.24, 2.45) is 0 Å².